The minimum absolute atomic E-state index is 0.0161. The second-order valence-corrected chi connectivity index (χ2v) is 7.67. The van der Waals surface area contributed by atoms with Gasteiger partial charge >= 0.3 is 6.18 Å². The number of carbonyl (C=O) groups excluding carboxylic acids is 1. The van der Waals surface area contributed by atoms with Gasteiger partial charge in [0.2, 0.25) is 5.91 Å². The molecule has 4 rings (SSSR count). The molecule has 0 saturated carbocycles. The predicted molar refractivity (Wildman–Crippen MR) is 118 cm³/mol. The summed E-state index contributed by atoms with van der Waals surface area (Å²) in [7, 11) is 0. The van der Waals surface area contributed by atoms with Crippen LogP contribution in [0.3, 0.4) is 0 Å². The number of fused-ring (bicyclic) bond motifs is 1. The molecule has 1 amide bonds. The number of amides is 1. The minimum Gasteiger partial charge on any atom is -0.348 e. The molecular formula is C24H22F3N5O. The summed E-state index contributed by atoms with van der Waals surface area (Å²) in [6, 6.07) is 17.2. The van der Waals surface area contributed by atoms with Gasteiger partial charge in [-0.25, -0.2) is 9.97 Å². The topological polar surface area (TPSA) is 85.8 Å². The van der Waals surface area contributed by atoms with E-state index in [2.05, 4.69) is 15.3 Å². The van der Waals surface area contributed by atoms with E-state index < -0.39 is 23.7 Å². The average molecular weight is 453 g/mol. The SMILES string of the molecule is N[C@H](Cc1cccc(C(F)(F)F)c1)C(=O)NCc1nc2cccnc2n1Cc1ccccc1. The smallest absolute Gasteiger partial charge is 0.348 e. The van der Waals surface area contributed by atoms with Crippen molar-refractivity contribution < 1.29 is 18.0 Å². The van der Waals surface area contributed by atoms with E-state index in [0.717, 1.165) is 17.7 Å². The van der Waals surface area contributed by atoms with Gasteiger partial charge in [0.05, 0.1) is 24.7 Å². The van der Waals surface area contributed by atoms with Gasteiger partial charge in [-0.2, -0.15) is 13.2 Å². The number of benzene rings is 2. The Kier molecular flexibility index (Phi) is 6.41. The highest BCUT2D eigenvalue weighted by molar-refractivity contribution is 5.82. The van der Waals surface area contributed by atoms with Crippen molar-refractivity contribution in [3.63, 3.8) is 0 Å². The first-order valence-corrected chi connectivity index (χ1v) is 10.3. The first-order chi connectivity index (χ1) is 15.8. The Balaban J connectivity index is 1.47. The van der Waals surface area contributed by atoms with Crippen molar-refractivity contribution in [1.29, 1.82) is 0 Å². The van der Waals surface area contributed by atoms with Gasteiger partial charge in [-0.05, 0) is 35.7 Å². The molecule has 6 nitrogen and oxygen atoms in total. The van der Waals surface area contributed by atoms with Gasteiger partial charge in [-0.3, -0.25) is 4.79 Å². The normalized spacial score (nSPS) is 12.6. The third-order valence-electron chi connectivity index (χ3n) is 5.23. The van der Waals surface area contributed by atoms with Gasteiger partial charge in [0.15, 0.2) is 5.65 Å². The molecule has 1 atom stereocenters. The molecular weight excluding hydrogens is 431 g/mol. The number of nitrogens with two attached hydrogens (primary N) is 1. The zero-order chi connectivity index (χ0) is 23.4. The van der Waals surface area contributed by atoms with Crippen LogP contribution in [0.15, 0.2) is 72.9 Å². The molecule has 0 fully saturated rings. The Hall–Kier alpha value is -3.72. The van der Waals surface area contributed by atoms with Gasteiger partial charge < -0.3 is 15.6 Å². The maximum absolute atomic E-state index is 12.9. The number of hydrogen-bond donors (Lipinski definition) is 2. The van der Waals surface area contributed by atoms with E-state index in [1.807, 2.05) is 41.0 Å². The molecule has 9 heteroatoms. The zero-order valence-electron chi connectivity index (χ0n) is 17.6. The van der Waals surface area contributed by atoms with Crippen LogP contribution < -0.4 is 11.1 Å². The summed E-state index contributed by atoms with van der Waals surface area (Å²) in [4.78, 5) is 21.6. The first-order valence-electron chi connectivity index (χ1n) is 10.3. The third kappa shape index (κ3) is 5.38. The zero-order valence-corrected chi connectivity index (χ0v) is 17.6. The van der Waals surface area contributed by atoms with E-state index in [1.165, 1.54) is 12.1 Å². The van der Waals surface area contributed by atoms with Crippen molar-refractivity contribution in [2.75, 3.05) is 0 Å². The molecule has 0 aliphatic heterocycles. The number of alkyl halides is 3. The molecule has 0 aliphatic carbocycles. The van der Waals surface area contributed by atoms with Crippen LogP contribution >= 0.6 is 0 Å². The van der Waals surface area contributed by atoms with Crippen molar-refractivity contribution >= 4 is 17.1 Å². The quantitative estimate of drug-likeness (QED) is 0.447. The summed E-state index contributed by atoms with van der Waals surface area (Å²) >= 11 is 0. The van der Waals surface area contributed by atoms with Crippen LogP contribution in [0, 0.1) is 0 Å². The van der Waals surface area contributed by atoms with E-state index in [9.17, 15) is 18.0 Å². The van der Waals surface area contributed by atoms with E-state index >= 15 is 0 Å². The van der Waals surface area contributed by atoms with Crippen LogP contribution in [-0.2, 0) is 30.5 Å². The number of imidazole rings is 1. The molecule has 0 unspecified atom stereocenters. The number of halogens is 3. The molecule has 2 aromatic heterocycles. The highest BCUT2D eigenvalue weighted by atomic mass is 19.4. The summed E-state index contributed by atoms with van der Waals surface area (Å²) < 4.78 is 40.7. The number of pyridine rings is 1. The summed E-state index contributed by atoms with van der Waals surface area (Å²) in [6.45, 7) is 0.633. The maximum Gasteiger partial charge on any atom is 0.416 e. The third-order valence-corrected chi connectivity index (χ3v) is 5.23. The van der Waals surface area contributed by atoms with Crippen LogP contribution in [0.2, 0.25) is 0 Å². The van der Waals surface area contributed by atoms with Crippen LogP contribution in [0.25, 0.3) is 11.2 Å². The number of aromatic nitrogens is 3. The average Bonchev–Trinajstić information content (AvgIpc) is 3.15. The molecule has 2 heterocycles. The summed E-state index contributed by atoms with van der Waals surface area (Å²) in [6.07, 6.45) is -2.79. The van der Waals surface area contributed by atoms with Gasteiger partial charge in [-0.15, -0.1) is 0 Å². The Labute approximate surface area is 188 Å². The predicted octanol–water partition coefficient (Wildman–Crippen LogP) is 3.68. The van der Waals surface area contributed by atoms with Crippen molar-refractivity contribution in [1.82, 2.24) is 19.9 Å². The summed E-state index contributed by atoms with van der Waals surface area (Å²) in [5.41, 5.74) is 7.99. The molecule has 0 saturated heterocycles. The number of rotatable bonds is 7. The fourth-order valence-electron chi connectivity index (χ4n) is 3.59. The van der Waals surface area contributed by atoms with Gasteiger partial charge in [0.1, 0.15) is 11.3 Å². The number of nitrogens with zero attached hydrogens (tertiary/aromatic N) is 3. The second kappa shape index (κ2) is 9.41. The molecule has 0 radical (unpaired) electrons. The highest BCUT2D eigenvalue weighted by Gasteiger charge is 2.30. The summed E-state index contributed by atoms with van der Waals surface area (Å²) in [5.74, 6) is 0.130. The molecule has 2 aromatic carbocycles. The molecule has 0 bridgehead atoms. The molecule has 4 aromatic rings. The minimum atomic E-state index is -4.45. The van der Waals surface area contributed by atoms with Crippen molar-refractivity contribution in [3.8, 4) is 0 Å². The number of carbonyl (C=O) groups is 1. The molecule has 33 heavy (non-hydrogen) atoms. The summed E-state index contributed by atoms with van der Waals surface area (Å²) in [5, 5.41) is 2.75. The van der Waals surface area contributed by atoms with Crippen LogP contribution in [0.5, 0.6) is 0 Å². The van der Waals surface area contributed by atoms with E-state index in [4.69, 9.17) is 5.73 Å². The molecule has 170 valence electrons. The van der Waals surface area contributed by atoms with Crippen molar-refractivity contribution in [2.24, 2.45) is 5.73 Å². The lowest BCUT2D eigenvalue weighted by molar-refractivity contribution is -0.137. The second-order valence-electron chi connectivity index (χ2n) is 7.67. The van der Waals surface area contributed by atoms with Gasteiger partial charge in [0.25, 0.3) is 0 Å². The molecule has 0 spiro atoms. The Morgan fingerprint density at radius 2 is 1.79 bits per heavy atom. The van der Waals surface area contributed by atoms with E-state index in [-0.39, 0.29) is 13.0 Å². The largest absolute Gasteiger partial charge is 0.416 e. The first kappa shape index (κ1) is 22.5. The highest BCUT2D eigenvalue weighted by Crippen LogP contribution is 2.29. The van der Waals surface area contributed by atoms with Gasteiger partial charge in [-0.1, -0.05) is 48.5 Å². The lowest BCUT2D eigenvalue weighted by Gasteiger charge is -2.14. The monoisotopic (exact) mass is 453 g/mol. The Bertz CT molecular complexity index is 1250. The van der Waals surface area contributed by atoms with Gasteiger partial charge in [0, 0.05) is 6.20 Å². The van der Waals surface area contributed by atoms with E-state index in [0.29, 0.717) is 29.1 Å². The lowest BCUT2D eigenvalue weighted by atomic mass is 10.0. The molecule has 0 aliphatic rings. The maximum atomic E-state index is 12.9. The Morgan fingerprint density at radius 1 is 1.03 bits per heavy atom. The van der Waals surface area contributed by atoms with Crippen molar-refractivity contribution in [2.45, 2.75) is 31.7 Å². The fourth-order valence-corrected chi connectivity index (χ4v) is 3.59. The number of nitrogens with one attached hydrogen (secondary N) is 1. The number of hydrogen-bond acceptors (Lipinski definition) is 4. The van der Waals surface area contributed by atoms with Crippen LogP contribution in [-0.4, -0.2) is 26.5 Å². The Morgan fingerprint density at radius 3 is 2.55 bits per heavy atom. The van der Waals surface area contributed by atoms with E-state index in [1.54, 1.807) is 12.3 Å². The standard InChI is InChI=1S/C24H22F3N5O/c25-24(26,27)18-9-4-8-17(12-18)13-19(28)23(33)30-14-21-31-20-10-5-11-29-22(20)32(21)15-16-6-2-1-3-7-16/h1-12,19H,13-15,28H2,(H,30,33)/t19-/m1/s1. The van der Waals surface area contributed by atoms with Crippen LogP contribution in [0.4, 0.5) is 13.2 Å². The van der Waals surface area contributed by atoms with Crippen molar-refractivity contribution in [3.05, 3.63) is 95.4 Å². The fraction of sp³-hybridized carbons (Fsp3) is 0.208. The molecule has 3 N–H and O–H groups in total. The van der Waals surface area contributed by atoms with Crippen LogP contribution in [0.1, 0.15) is 22.5 Å². The lowest BCUT2D eigenvalue weighted by Crippen LogP contribution is -2.42.